The van der Waals surface area contributed by atoms with E-state index in [-0.39, 0.29) is 11.9 Å². The third kappa shape index (κ3) is 3.99. The van der Waals surface area contributed by atoms with E-state index in [4.69, 9.17) is 0 Å². The molecule has 0 saturated heterocycles. The second-order valence-corrected chi connectivity index (χ2v) is 5.87. The summed E-state index contributed by atoms with van der Waals surface area (Å²) in [6.07, 6.45) is 3.55. The molecule has 0 aliphatic heterocycles. The Balaban J connectivity index is 1.75. The number of halogens is 1. The summed E-state index contributed by atoms with van der Waals surface area (Å²) in [6.45, 7) is 2.07. The number of rotatable bonds is 6. The monoisotopic (exact) mass is 319 g/mol. The predicted octanol–water partition coefficient (Wildman–Crippen LogP) is 5.12. The van der Waals surface area contributed by atoms with E-state index < -0.39 is 0 Å². The van der Waals surface area contributed by atoms with Gasteiger partial charge in [0, 0.05) is 17.8 Å². The molecule has 0 aliphatic rings. The van der Waals surface area contributed by atoms with Crippen molar-refractivity contribution in [3.8, 4) is 11.3 Å². The lowest BCUT2D eigenvalue weighted by Crippen LogP contribution is -2.17. The summed E-state index contributed by atoms with van der Waals surface area (Å²) in [7, 11) is 0. The molecule has 0 bridgehead atoms. The number of para-hydroxylation sites is 1. The van der Waals surface area contributed by atoms with Gasteiger partial charge in [0.15, 0.2) is 0 Å². The van der Waals surface area contributed by atoms with Gasteiger partial charge in [-0.2, -0.15) is 0 Å². The highest BCUT2D eigenvalue weighted by molar-refractivity contribution is 5.76. The summed E-state index contributed by atoms with van der Waals surface area (Å²) >= 11 is 0. The molecule has 3 aromatic rings. The lowest BCUT2D eigenvalue weighted by Gasteiger charge is -2.18. The van der Waals surface area contributed by atoms with Crippen LogP contribution in [0.1, 0.15) is 18.9 Å². The zero-order valence-corrected chi connectivity index (χ0v) is 13.7. The summed E-state index contributed by atoms with van der Waals surface area (Å²) in [5.74, 6) is -0.260. The van der Waals surface area contributed by atoms with Crippen molar-refractivity contribution in [1.82, 2.24) is 4.98 Å². The van der Waals surface area contributed by atoms with Crippen LogP contribution in [0.4, 0.5) is 10.1 Å². The minimum Gasteiger partial charge on any atom is -0.380 e. The van der Waals surface area contributed by atoms with Gasteiger partial charge in [0.2, 0.25) is 0 Å². The third-order valence-corrected chi connectivity index (χ3v) is 3.99. The number of anilines is 1. The lowest BCUT2D eigenvalue weighted by atomic mass is 10.0. The van der Waals surface area contributed by atoms with Crippen molar-refractivity contribution in [1.29, 1.82) is 0 Å². The van der Waals surface area contributed by atoms with Crippen LogP contribution < -0.4 is 5.32 Å². The average molecular weight is 319 g/mol. The second-order valence-electron chi connectivity index (χ2n) is 5.87. The number of nitrogens with zero attached hydrogens (tertiary/aromatic N) is 1. The van der Waals surface area contributed by atoms with Gasteiger partial charge in [-0.1, -0.05) is 42.5 Å². The van der Waals surface area contributed by atoms with Gasteiger partial charge in [-0.3, -0.25) is 4.98 Å². The fourth-order valence-corrected chi connectivity index (χ4v) is 2.70. The Morgan fingerprint density at radius 1 is 1.12 bits per heavy atom. The van der Waals surface area contributed by atoms with Crippen LogP contribution in [-0.2, 0) is 6.42 Å². The van der Waals surface area contributed by atoms with Gasteiger partial charge in [-0.05, 0) is 49.6 Å². The van der Waals surface area contributed by atoms with Crippen LogP contribution in [0, 0.1) is 11.9 Å². The molecule has 0 fully saturated rings. The molecule has 2 nitrogen and oxygen atoms in total. The molecule has 1 radical (unpaired) electrons. The molecular weight excluding hydrogens is 299 g/mol. The van der Waals surface area contributed by atoms with Gasteiger partial charge in [-0.15, -0.1) is 0 Å². The van der Waals surface area contributed by atoms with Crippen molar-refractivity contribution in [2.75, 3.05) is 5.32 Å². The van der Waals surface area contributed by atoms with Crippen molar-refractivity contribution < 1.29 is 4.39 Å². The van der Waals surface area contributed by atoms with Gasteiger partial charge >= 0.3 is 0 Å². The molecule has 0 amide bonds. The first-order valence-corrected chi connectivity index (χ1v) is 8.15. The molecule has 1 aromatic heterocycles. The standard InChI is InChI=1S/C21H20FN2/c1-16(13-14-17-8-3-2-4-9-17)24-21-18(10-7-11-19(21)22)20-12-5-6-15-23-20/h2-4,6-12,15-16,24H,13-14H2,1H3. The third-order valence-electron chi connectivity index (χ3n) is 3.99. The SMILES string of the molecule is CC(CCc1ccccc1)Nc1c(F)cccc1-c1c[c]ccn1. The van der Waals surface area contributed by atoms with Gasteiger partial charge in [0.1, 0.15) is 5.82 Å². The van der Waals surface area contributed by atoms with Crippen molar-refractivity contribution in [3.63, 3.8) is 0 Å². The van der Waals surface area contributed by atoms with Crippen LogP contribution in [-0.4, -0.2) is 11.0 Å². The van der Waals surface area contributed by atoms with Crippen LogP contribution >= 0.6 is 0 Å². The Morgan fingerprint density at radius 3 is 2.71 bits per heavy atom. The number of pyridine rings is 1. The molecule has 1 atom stereocenters. The molecule has 0 aliphatic carbocycles. The van der Waals surface area contributed by atoms with Crippen molar-refractivity contribution in [3.05, 3.63) is 84.3 Å². The highest BCUT2D eigenvalue weighted by Crippen LogP contribution is 2.29. The first kappa shape index (κ1) is 16.2. The summed E-state index contributed by atoms with van der Waals surface area (Å²) in [5, 5.41) is 3.32. The lowest BCUT2D eigenvalue weighted by molar-refractivity contribution is 0.622. The van der Waals surface area contributed by atoms with E-state index in [9.17, 15) is 4.39 Å². The number of nitrogens with one attached hydrogen (secondary N) is 1. The molecule has 1 heterocycles. The molecule has 24 heavy (non-hydrogen) atoms. The van der Waals surface area contributed by atoms with E-state index in [2.05, 4.69) is 35.4 Å². The van der Waals surface area contributed by atoms with Crippen LogP contribution in [0.2, 0.25) is 0 Å². The van der Waals surface area contributed by atoms with Gasteiger partial charge in [-0.25, -0.2) is 4.39 Å². The van der Waals surface area contributed by atoms with Crippen LogP contribution in [0.15, 0.2) is 66.9 Å². The summed E-state index contributed by atoms with van der Waals surface area (Å²) in [6, 6.07) is 22.0. The molecule has 3 heteroatoms. The molecule has 3 rings (SSSR count). The number of aromatic nitrogens is 1. The maximum Gasteiger partial charge on any atom is 0.146 e. The first-order valence-electron chi connectivity index (χ1n) is 8.15. The number of hydrogen-bond donors (Lipinski definition) is 1. The quantitative estimate of drug-likeness (QED) is 0.682. The van der Waals surface area contributed by atoms with Crippen molar-refractivity contribution >= 4 is 5.69 Å². The van der Waals surface area contributed by atoms with Crippen LogP contribution in [0.3, 0.4) is 0 Å². The van der Waals surface area contributed by atoms with Crippen LogP contribution in [0.5, 0.6) is 0 Å². The van der Waals surface area contributed by atoms with Gasteiger partial charge in [0.05, 0.1) is 11.4 Å². The largest absolute Gasteiger partial charge is 0.380 e. The Kier molecular flexibility index (Phi) is 5.22. The van der Waals surface area contributed by atoms with Gasteiger partial charge < -0.3 is 5.32 Å². The van der Waals surface area contributed by atoms with Crippen molar-refractivity contribution in [2.24, 2.45) is 0 Å². The van der Waals surface area contributed by atoms with E-state index in [1.54, 1.807) is 24.4 Å². The number of benzene rings is 2. The minimum absolute atomic E-state index is 0.147. The minimum atomic E-state index is -0.260. The fourth-order valence-electron chi connectivity index (χ4n) is 2.70. The summed E-state index contributed by atoms with van der Waals surface area (Å²) in [5.41, 5.74) is 3.28. The maximum absolute atomic E-state index is 14.4. The number of hydrogen-bond acceptors (Lipinski definition) is 2. The van der Waals surface area contributed by atoms with E-state index in [1.807, 2.05) is 24.3 Å². The average Bonchev–Trinajstić information content (AvgIpc) is 2.63. The van der Waals surface area contributed by atoms with Crippen molar-refractivity contribution in [2.45, 2.75) is 25.8 Å². The zero-order chi connectivity index (χ0) is 16.8. The smallest absolute Gasteiger partial charge is 0.146 e. The Morgan fingerprint density at radius 2 is 1.96 bits per heavy atom. The molecular formula is C21H20FN2. The van der Waals surface area contributed by atoms with E-state index >= 15 is 0 Å². The molecule has 2 aromatic carbocycles. The zero-order valence-electron chi connectivity index (χ0n) is 13.7. The van der Waals surface area contributed by atoms with E-state index in [0.29, 0.717) is 5.69 Å². The number of aryl methyl sites for hydroxylation is 1. The molecule has 1 N–H and O–H groups in total. The normalized spacial score (nSPS) is 11.9. The Hall–Kier alpha value is -2.68. The second kappa shape index (κ2) is 7.73. The highest BCUT2D eigenvalue weighted by Gasteiger charge is 2.13. The molecule has 121 valence electrons. The molecule has 1 unspecified atom stereocenters. The van der Waals surface area contributed by atoms with Gasteiger partial charge in [0.25, 0.3) is 0 Å². The Bertz CT molecular complexity index is 772. The van der Waals surface area contributed by atoms with Crippen LogP contribution in [0.25, 0.3) is 11.3 Å². The highest BCUT2D eigenvalue weighted by atomic mass is 19.1. The summed E-state index contributed by atoms with van der Waals surface area (Å²) in [4.78, 5) is 4.31. The molecule has 0 saturated carbocycles. The fraction of sp³-hybridized carbons (Fsp3) is 0.190. The topological polar surface area (TPSA) is 24.9 Å². The van der Waals surface area contributed by atoms with E-state index in [1.165, 1.54) is 11.6 Å². The molecule has 0 spiro atoms. The summed E-state index contributed by atoms with van der Waals surface area (Å²) < 4.78 is 14.4. The predicted molar refractivity (Wildman–Crippen MR) is 96.3 cm³/mol. The van der Waals surface area contributed by atoms with E-state index in [0.717, 1.165) is 24.1 Å². The maximum atomic E-state index is 14.4. The Labute approximate surface area is 142 Å². The first-order chi connectivity index (χ1) is 11.7.